The quantitative estimate of drug-likeness (QED) is 0.833. The molecule has 90 valence electrons. The second-order valence-electron chi connectivity index (χ2n) is 4.59. The Labute approximate surface area is 102 Å². The van der Waals surface area contributed by atoms with Crippen molar-refractivity contribution in [2.45, 2.75) is 32.3 Å². The number of rotatable bonds is 5. The normalized spacial score (nSPS) is 15.1. The van der Waals surface area contributed by atoms with Crippen LogP contribution in [0.15, 0.2) is 24.3 Å². The highest BCUT2D eigenvalue weighted by molar-refractivity contribution is 6.30. The summed E-state index contributed by atoms with van der Waals surface area (Å²) < 4.78 is 0. The molecule has 1 rings (SSSR count). The lowest BCUT2D eigenvalue weighted by Gasteiger charge is -2.23. The Kier molecular flexibility index (Phi) is 5.26. The predicted octanol–water partition coefficient (Wildman–Crippen LogP) is 2.79. The van der Waals surface area contributed by atoms with Crippen molar-refractivity contribution in [3.05, 3.63) is 34.9 Å². The van der Waals surface area contributed by atoms with Gasteiger partial charge >= 0.3 is 0 Å². The van der Waals surface area contributed by atoms with E-state index in [-0.39, 0.29) is 5.92 Å². The van der Waals surface area contributed by atoms with Gasteiger partial charge < -0.3 is 10.8 Å². The van der Waals surface area contributed by atoms with E-state index in [4.69, 9.17) is 17.3 Å². The van der Waals surface area contributed by atoms with Crippen LogP contribution in [0.2, 0.25) is 5.02 Å². The van der Waals surface area contributed by atoms with Gasteiger partial charge in [0.05, 0.1) is 6.10 Å². The van der Waals surface area contributed by atoms with Gasteiger partial charge in [-0.15, -0.1) is 0 Å². The van der Waals surface area contributed by atoms with Gasteiger partial charge in [0.25, 0.3) is 0 Å². The van der Waals surface area contributed by atoms with Gasteiger partial charge in [-0.1, -0.05) is 37.6 Å². The molecule has 0 amide bonds. The number of nitrogens with two attached hydrogens (primary N) is 1. The van der Waals surface area contributed by atoms with Gasteiger partial charge in [-0.2, -0.15) is 0 Å². The van der Waals surface area contributed by atoms with Crippen LogP contribution in [-0.2, 0) is 0 Å². The lowest BCUT2D eigenvalue weighted by Crippen LogP contribution is -2.27. The van der Waals surface area contributed by atoms with Crippen molar-refractivity contribution in [1.82, 2.24) is 0 Å². The molecule has 0 saturated carbocycles. The first kappa shape index (κ1) is 13.5. The smallest absolute Gasteiger partial charge is 0.0623 e. The number of halogens is 1. The molecular formula is C13H20ClNO. The largest absolute Gasteiger partial charge is 0.392 e. The molecule has 2 nitrogen and oxygen atoms in total. The first-order valence-corrected chi connectivity index (χ1v) is 6.06. The molecule has 3 heteroatoms. The van der Waals surface area contributed by atoms with E-state index in [1.807, 2.05) is 24.3 Å². The monoisotopic (exact) mass is 241 g/mol. The third-order valence-electron chi connectivity index (χ3n) is 2.71. The standard InChI is InChI=1S/C13H20ClNO/c1-9(2)6-13(16)12(8-15)10-4-3-5-11(14)7-10/h3-5,7,9,12-13,16H,6,8,15H2,1-2H3. The zero-order valence-electron chi connectivity index (χ0n) is 9.86. The van der Waals surface area contributed by atoms with Gasteiger partial charge in [-0.05, 0) is 30.0 Å². The summed E-state index contributed by atoms with van der Waals surface area (Å²) in [6.07, 6.45) is 0.359. The average Bonchev–Trinajstić information content (AvgIpc) is 2.17. The molecule has 0 aliphatic carbocycles. The van der Waals surface area contributed by atoms with Crippen molar-refractivity contribution >= 4 is 11.6 Å². The molecule has 2 unspecified atom stereocenters. The van der Waals surface area contributed by atoms with Gasteiger partial charge in [-0.3, -0.25) is 0 Å². The molecule has 0 bridgehead atoms. The lowest BCUT2D eigenvalue weighted by atomic mass is 9.89. The van der Waals surface area contributed by atoms with E-state index in [0.29, 0.717) is 17.5 Å². The van der Waals surface area contributed by atoms with Gasteiger partial charge in [-0.25, -0.2) is 0 Å². The third kappa shape index (κ3) is 3.78. The second kappa shape index (κ2) is 6.24. The molecule has 0 spiro atoms. The molecule has 1 aromatic rings. The van der Waals surface area contributed by atoms with Gasteiger partial charge in [0.2, 0.25) is 0 Å². The summed E-state index contributed by atoms with van der Waals surface area (Å²) in [6, 6.07) is 7.56. The Morgan fingerprint density at radius 3 is 2.56 bits per heavy atom. The van der Waals surface area contributed by atoms with Crippen LogP contribution in [0.1, 0.15) is 31.7 Å². The van der Waals surface area contributed by atoms with Crippen molar-refractivity contribution in [3.8, 4) is 0 Å². The van der Waals surface area contributed by atoms with Crippen LogP contribution in [0.4, 0.5) is 0 Å². The summed E-state index contributed by atoms with van der Waals surface area (Å²) in [4.78, 5) is 0. The molecule has 0 saturated heterocycles. The van der Waals surface area contributed by atoms with Crippen molar-refractivity contribution < 1.29 is 5.11 Å². The number of aliphatic hydroxyl groups is 1. The number of aliphatic hydroxyl groups excluding tert-OH is 1. The minimum atomic E-state index is -0.400. The van der Waals surface area contributed by atoms with Gasteiger partial charge in [0.15, 0.2) is 0 Å². The second-order valence-corrected chi connectivity index (χ2v) is 5.03. The summed E-state index contributed by atoms with van der Waals surface area (Å²) in [6.45, 7) is 4.62. The molecule has 3 N–H and O–H groups in total. The zero-order chi connectivity index (χ0) is 12.1. The minimum Gasteiger partial charge on any atom is -0.392 e. The van der Waals surface area contributed by atoms with E-state index in [0.717, 1.165) is 12.0 Å². The van der Waals surface area contributed by atoms with E-state index in [1.54, 1.807) is 0 Å². The predicted molar refractivity (Wildman–Crippen MR) is 68.7 cm³/mol. The molecule has 0 aromatic heterocycles. The highest BCUT2D eigenvalue weighted by Gasteiger charge is 2.20. The summed E-state index contributed by atoms with van der Waals surface area (Å²) in [5.41, 5.74) is 6.75. The Bertz CT molecular complexity index is 327. The molecule has 0 aliphatic rings. The Hall–Kier alpha value is -0.570. The maximum Gasteiger partial charge on any atom is 0.0623 e. The summed E-state index contributed by atoms with van der Waals surface area (Å²) in [5, 5.41) is 10.8. The lowest BCUT2D eigenvalue weighted by molar-refractivity contribution is 0.121. The molecule has 16 heavy (non-hydrogen) atoms. The highest BCUT2D eigenvalue weighted by Crippen LogP contribution is 2.25. The highest BCUT2D eigenvalue weighted by atomic mass is 35.5. The molecule has 0 fully saturated rings. The SMILES string of the molecule is CC(C)CC(O)C(CN)c1cccc(Cl)c1. The third-order valence-corrected chi connectivity index (χ3v) is 2.94. The summed E-state index contributed by atoms with van der Waals surface area (Å²) in [5.74, 6) is 0.435. The minimum absolute atomic E-state index is 0.0268. The first-order chi connectivity index (χ1) is 7.54. The molecule has 0 aliphatic heterocycles. The van der Waals surface area contributed by atoms with E-state index >= 15 is 0 Å². The Morgan fingerprint density at radius 2 is 2.06 bits per heavy atom. The molecule has 0 radical (unpaired) electrons. The van der Waals surface area contributed by atoms with Crippen LogP contribution in [0.25, 0.3) is 0 Å². The number of hydrogen-bond acceptors (Lipinski definition) is 2. The fourth-order valence-corrected chi connectivity index (χ4v) is 2.10. The molecule has 1 aromatic carbocycles. The maximum atomic E-state index is 10.1. The van der Waals surface area contributed by atoms with Crippen molar-refractivity contribution in [2.24, 2.45) is 11.7 Å². The first-order valence-electron chi connectivity index (χ1n) is 5.68. The van der Waals surface area contributed by atoms with Crippen LogP contribution in [0, 0.1) is 5.92 Å². The van der Waals surface area contributed by atoms with Crippen LogP contribution in [0.3, 0.4) is 0 Å². The topological polar surface area (TPSA) is 46.2 Å². The van der Waals surface area contributed by atoms with E-state index < -0.39 is 6.10 Å². The Morgan fingerprint density at radius 1 is 1.38 bits per heavy atom. The van der Waals surface area contributed by atoms with E-state index in [9.17, 15) is 5.11 Å². The van der Waals surface area contributed by atoms with Crippen LogP contribution in [-0.4, -0.2) is 17.8 Å². The van der Waals surface area contributed by atoms with Crippen LogP contribution in [0.5, 0.6) is 0 Å². The fraction of sp³-hybridized carbons (Fsp3) is 0.538. The van der Waals surface area contributed by atoms with Gasteiger partial charge in [0.1, 0.15) is 0 Å². The fourth-order valence-electron chi connectivity index (χ4n) is 1.90. The van der Waals surface area contributed by atoms with Gasteiger partial charge in [0, 0.05) is 17.5 Å². The Balaban J connectivity index is 2.81. The number of benzene rings is 1. The van der Waals surface area contributed by atoms with E-state index in [2.05, 4.69) is 13.8 Å². The zero-order valence-corrected chi connectivity index (χ0v) is 10.6. The summed E-state index contributed by atoms with van der Waals surface area (Å²) in [7, 11) is 0. The molecule has 2 atom stereocenters. The molecular weight excluding hydrogens is 222 g/mol. The number of hydrogen-bond donors (Lipinski definition) is 2. The van der Waals surface area contributed by atoms with Crippen molar-refractivity contribution in [3.63, 3.8) is 0 Å². The summed E-state index contributed by atoms with van der Waals surface area (Å²) >= 11 is 5.93. The molecule has 0 heterocycles. The van der Waals surface area contributed by atoms with Crippen LogP contribution < -0.4 is 5.73 Å². The van der Waals surface area contributed by atoms with Crippen molar-refractivity contribution in [1.29, 1.82) is 0 Å². The maximum absolute atomic E-state index is 10.1. The average molecular weight is 242 g/mol. The van der Waals surface area contributed by atoms with Crippen molar-refractivity contribution in [2.75, 3.05) is 6.54 Å². The van der Waals surface area contributed by atoms with Crippen LogP contribution >= 0.6 is 11.6 Å². The van der Waals surface area contributed by atoms with E-state index in [1.165, 1.54) is 0 Å².